The van der Waals surface area contributed by atoms with Crippen LogP contribution in [0, 0.1) is 5.92 Å². The molecule has 0 radical (unpaired) electrons. The number of nitrogens with zero attached hydrogens (tertiary/aromatic N) is 2. The van der Waals surface area contributed by atoms with Gasteiger partial charge in [-0.2, -0.15) is 0 Å². The molecule has 0 saturated heterocycles. The molecule has 0 fully saturated rings. The highest BCUT2D eigenvalue weighted by Gasteiger charge is 2.25. The third-order valence-electron chi connectivity index (χ3n) is 5.60. The predicted molar refractivity (Wildman–Crippen MR) is 115 cm³/mol. The number of hydrogen-bond donors (Lipinski definition) is 1. The van der Waals surface area contributed by atoms with Crippen molar-refractivity contribution in [3.05, 3.63) is 57.0 Å². The van der Waals surface area contributed by atoms with Gasteiger partial charge in [0.15, 0.2) is 5.78 Å². The van der Waals surface area contributed by atoms with Gasteiger partial charge >= 0.3 is 0 Å². The van der Waals surface area contributed by atoms with Crippen molar-refractivity contribution in [2.45, 2.75) is 46.1 Å². The van der Waals surface area contributed by atoms with Crippen LogP contribution in [-0.4, -0.2) is 21.2 Å². The Balaban J connectivity index is 1.62. The van der Waals surface area contributed by atoms with Crippen molar-refractivity contribution in [3.8, 4) is 0 Å². The molecule has 150 valence electrons. The number of Topliss-reactive ketones (excluding diaryl/α,β-unsaturated/α-hetero) is 1. The highest BCUT2D eigenvalue weighted by atomic mass is 32.1. The molecular weight excluding hydrogens is 386 g/mol. The summed E-state index contributed by atoms with van der Waals surface area (Å²) in [5.74, 6) is 0.286. The quantitative estimate of drug-likeness (QED) is 0.661. The van der Waals surface area contributed by atoms with Crippen molar-refractivity contribution in [3.63, 3.8) is 0 Å². The van der Waals surface area contributed by atoms with Gasteiger partial charge in [-0.25, -0.2) is 4.98 Å². The molecule has 0 saturated carbocycles. The van der Waals surface area contributed by atoms with Crippen LogP contribution in [0.5, 0.6) is 0 Å². The van der Waals surface area contributed by atoms with Crippen molar-refractivity contribution < 1.29 is 9.59 Å². The van der Waals surface area contributed by atoms with Crippen molar-refractivity contribution in [2.75, 3.05) is 5.32 Å². The number of benzene rings is 1. The van der Waals surface area contributed by atoms with Gasteiger partial charge in [-0.3, -0.25) is 19.0 Å². The van der Waals surface area contributed by atoms with E-state index in [1.54, 1.807) is 42.5 Å². The summed E-state index contributed by atoms with van der Waals surface area (Å²) in [6.45, 7) is 5.42. The van der Waals surface area contributed by atoms with Crippen molar-refractivity contribution in [1.82, 2.24) is 9.55 Å². The Morgan fingerprint density at radius 1 is 1.28 bits per heavy atom. The minimum atomic E-state index is -0.704. The lowest BCUT2D eigenvalue weighted by Crippen LogP contribution is -2.32. The number of rotatable bonds is 4. The minimum Gasteiger partial charge on any atom is -0.324 e. The first-order valence-electron chi connectivity index (χ1n) is 9.78. The number of nitrogens with one attached hydrogen (secondary N) is 1. The van der Waals surface area contributed by atoms with Crippen LogP contribution in [0.15, 0.2) is 35.4 Å². The molecule has 1 N–H and O–H groups in total. The number of hydrogen-bond acceptors (Lipinski definition) is 5. The van der Waals surface area contributed by atoms with E-state index in [1.165, 1.54) is 22.7 Å². The molecule has 0 aliphatic heterocycles. The first-order chi connectivity index (χ1) is 13.8. The molecule has 29 heavy (non-hydrogen) atoms. The SMILES string of the molecule is CC(=O)c1ccc(NC(=O)C(C)n2cnc3sc4c(c3c2=O)CCC(C)C4)cc1. The molecule has 2 aromatic heterocycles. The Morgan fingerprint density at radius 2 is 2.00 bits per heavy atom. The number of aryl methyl sites for hydroxylation is 1. The van der Waals surface area contributed by atoms with Gasteiger partial charge in [-0.1, -0.05) is 6.92 Å². The summed E-state index contributed by atoms with van der Waals surface area (Å²) in [7, 11) is 0. The molecule has 1 amide bonds. The van der Waals surface area contributed by atoms with Gasteiger partial charge in [0.1, 0.15) is 10.9 Å². The van der Waals surface area contributed by atoms with Crippen LogP contribution < -0.4 is 10.9 Å². The van der Waals surface area contributed by atoms with Crippen LogP contribution in [0.25, 0.3) is 10.2 Å². The van der Waals surface area contributed by atoms with E-state index in [4.69, 9.17) is 0 Å². The van der Waals surface area contributed by atoms with Gasteiger partial charge in [-0.05, 0) is 68.9 Å². The number of ketones is 1. The molecule has 2 heterocycles. The fourth-order valence-electron chi connectivity index (χ4n) is 3.78. The maximum absolute atomic E-state index is 13.2. The third kappa shape index (κ3) is 3.62. The molecule has 4 rings (SSSR count). The van der Waals surface area contributed by atoms with Crippen LogP contribution in [0.3, 0.4) is 0 Å². The monoisotopic (exact) mass is 409 g/mol. The smallest absolute Gasteiger partial charge is 0.263 e. The first kappa shape index (κ1) is 19.5. The molecule has 6 nitrogen and oxygen atoms in total. The summed E-state index contributed by atoms with van der Waals surface area (Å²) >= 11 is 1.60. The highest BCUT2D eigenvalue weighted by Crippen LogP contribution is 2.35. The molecule has 3 aromatic rings. The summed E-state index contributed by atoms with van der Waals surface area (Å²) in [6.07, 6.45) is 4.42. The average molecular weight is 410 g/mol. The Hall–Kier alpha value is -2.80. The molecular formula is C22H23N3O3S. The molecule has 2 unspecified atom stereocenters. The van der Waals surface area contributed by atoms with Crippen LogP contribution in [0.4, 0.5) is 5.69 Å². The lowest BCUT2D eigenvalue weighted by Gasteiger charge is -2.18. The number of fused-ring (bicyclic) bond motifs is 3. The number of aromatic nitrogens is 2. The Kier molecular flexibility index (Phi) is 5.08. The van der Waals surface area contributed by atoms with Gasteiger partial charge < -0.3 is 5.32 Å². The standard InChI is InChI=1S/C22H23N3O3S/c1-12-4-9-17-18(10-12)29-21-19(17)22(28)25(11-23-21)13(2)20(27)24-16-7-5-15(6-8-16)14(3)26/h5-8,11-13H,4,9-10H2,1-3H3,(H,24,27). The maximum Gasteiger partial charge on any atom is 0.263 e. The highest BCUT2D eigenvalue weighted by molar-refractivity contribution is 7.18. The molecule has 7 heteroatoms. The van der Waals surface area contributed by atoms with Crippen molar-refractivity contribution in [2.24, 2.45) is 5.92 Å². The lowest BCUT2D eigenvalue weighted by atomic mass is 9.89. The topological polar surface area (TPSA) is 81.1 Å². The molecule has 1 aliphatic rings. The molecule has 1 aliphatic carbocycles. The van der Waals surface area contributed by atoms with Gasteiger partial charge in [-0.15, -0.1) is 11.3 Å². The molecule has 2 atom stereocenters. The zero-order chi connectivity index (χ0) is 20.7. The largest absolute Gasteiger partial charge is 0.324 e. The number of anilines is 1. The second-order valence-electron chi connectivity index (χ2n) is 7.79. The fraction of sp³-hybridized carbons (Fsp3) is 0.364. The normalized spacial score (nSPS) is 17.0. The van der Waals surface area contributed by atoms with E-state index in [0.717, 1.165) is 29.7 Å². The van der Waals surface area contributed by atoms with E-state index >= 15 is 0 Å². The summed E-state index contributed by atoms with van der Waals surface area (Å²) < 4.78 is 1.41. The zero-order valence-corrected chi connectivity index (χ0v) is 17.5. The second-order valence-corrected chi connectivity index (χ2v) is 8.87. The van der Waals surface area contributed by atoms with Crippen LogP contribution in [0.1, 0.15) is 54.0 Å². The zero-order valence-electron chi connectivity index (χ0n) is 16.7. The van der Waals surface area contributed by atoms with Crippen LogP contribution in [0.2, 0.25) is 0 Å². The van der Waals surface area contributed by atoms with Gasteiger partial charge in [0, 0.05) is 16.1 Å². The summed E-state index contributed by atoms with van der Waals surface area (Å²) in [5.41, 5.74) is 2.12. The van der Waals surface area contributed by atoms with Crippen LogP contribution in [-0.2, 0) is 17.6 Å². The fourth-order valence-corrected chi connectivity index (χ4v) is 5.12. The minimum absolute atomic E-state index is 0.0318. The number of amides is 1. The van der Waals surface area contributed by atoms with E-state index in [2.05, 4.69) is 17.2 Å². The summed E-state index contributed by atoms with van der Waals surface area (Å²) in [6, 6.07) is 6.00. The van der Waals surface area contributed by atoms with Gasteiger partial charge in [0.05, 0.1) is 11.7 Å². The third-order valence-corrected chi connectivity index (χ3v) is 6.76. The molecule has 1 aromatic carbocycles. The van der Waals surface area contributed by atoms with E-state index < -0.39 is 6.04 Å². The number of thiophene rings is 1. The first-order valence-corrected chi connectivity index (χ1v) is 10.6. The van der Waals surface area contributed by atoms with E-state index in [0.29, 0.717) is 22.6 Å². The van der Waals surface area contributed by atoms with Gasteiger partial charge in [0.2, 0.25) is 5.91 Å². The van der Waals surface area contributed by atoms with E-state index in [9.17, 15) is 14.4 Å². The number of carbonyl (C=O) groups is 2. The predicted octanol–water partition coefficient (Wildman–Crippen LogP) is 3.99. The van der Waals surface area contributed by atoms with Crippen molar-refractivity contribution in [1.29, 1.82) is 0 Å². The maximum atomic E-state index is 13.2. The van der Waals surface area contributed by atoms with E-state index in [1.807, 2.05) is 0 Å². The number of carbonyl (C=O) groups excluding carboxylic acids is 2. The van der Waals surface area contributed by atoms with Crippen molar-refractivity contribution >= 4 is 38.9 Å². The Bertz CT molecular complexity index is 1160. The summed E-state index contributed by atoms with van der Waals surface area (Å²) in [5, 5.41) is 3.48. The molecule has 0 spiro atoms. The lowest BCUT2D eigenvalue weighted by molar-refractivity contribution is -0.118. The Labute approximate surface area is 172 Å². The van der Waals surface area contributed by atoms with Crippen LogP contribution >= 0.6 is 11.3 Å². The molecule has 0 bridgehead atoms. The summed E-state index contributed by atoms with van der Waals surface area (Å²) in [4.78, 5) is 43.8. The van der Waals surface area contributed by atoms with E-state index in [-0.39, 0.29) is 17.2 Å². The average Bonchev–Trinajstić information content (AvgIpc) is 3.06. The second kappa shape index (κ2) is 7.55. The Morgan fingerprint density at radius 3 is 2.69 bits per heavy atom. The van der Waals surface area contributed by atoms with Gasteiger partial charge in [0.25, 0.3) is 5.56 Å².